The Morgan fingerprint density at radius 1 is 0.606 bits per heavy atom. The summed E-state index contributed by atoms with van der Waals surface area (Å²) in [6.45, 7) is 0.985. The van der Waals surface area contributed by atoms with Crippen LogP contribution in [0.3, 0.4) is 0 Å². The molecule has 2 heteroatoms. The normalized spacial score (nSPS) is 23.3. The molecule has 1 heterocycles. The molecule has 0 amide bonds. The van der Waals surface area contributed by atoms with E-state index in [2.05, 4.69) is 126 Å². The van der Waals surface area contributed by atoms with E-state index < -0.39 is 0 Å². The van der Waals surface area contributed by atoms with E-state index in [1.807, 2.05) is 0 Å². The third kappa shape index (κ3) is 4.78. The van der Waals surface area contributed by atoms with E-state index in [1.165, 1.54) is 22.3 Å². The van der Waals surface area contributed by atoms with Gasteiger partial charge in [-0.1, -0.05) is 121 Å². The second kappa shape index (κ2) is 10.2. The summed E-state index contributed by atoms with van der Waals surface area (Å²) in [7, 11) is 0. The van der Waals surface area contributed by atoms with Crippen molar-refractivity contribution in [3.05, 3.63) is 144 Å². The number of likely N-dealkylation sites (tertiary alicyclic amines) is 1. The van der Waals surface area contributed by atoms with E-state index >= 15 is 0 Å². The number of hydrogen-bond donors (Lipinski definition) is 1. The monoisotopic (exact) mass is 432 g/mol. The van der Waals surface area contributed by atoms with Crippen LogP contribution in [0.2, 0.25) is 0 Å². The summed E-state index contributed by atoms with van der Waals surface area (Å²) in [5.74, 6) is 0.240. The summed E-state index contributed by atoms with van der Waals surface area (Å²) in [5, 5.41) is 0. The fourth-order valence-electron chi connectivity index (χ4n) is 5.53. The average molecular weight is 433 g/mol. The van der Waals surface area contributed by atoms with Gasteiger partial charge in [-0.15, -0.1) is 0 Å². The van der Waals surface area contributed by atoms with Crippen LogP contribution in [0.5, 0.6) is 0 Å². The molecule has 1 aliphatic heterocycles. The summed E-state index contributed by atoms with van der Waals surface area (Å²) in [4.78, 5) is 2.72. The third-order valence-corrected chi connectivity index (χ3v) is 7.07. The molecule has 4 aromatic carbocycles. The zero-order valence-electron chi connectivity index (χ0n) is 19.0. The Bertz CT molecular complexity index is 1110. The number of piperidine rings is 1. The first-order chi connectivity index (χ1) is 16.3. The fraction of sp³-hybridized carbons (Fsp3) is 0.226. The van der Waals surface area contributed by atoms with Crippen molar-refractivity contribution in [2.75, 3.05) is 6.54 Å². The minimum atomic E-state index is 0.0794. The topological polar surface area (TPSA) is 29.3 Å². The highest BCUT2D eigenvalue weighted by Crippen LogP contribution is 2.48. The summed E-state index contributed by atoms with van der Waals surface area (Å²) in [6.07, 6.45) is 1.96. The molecule has 33 heavy (non-hydrogen) atoms. The van der Waals surface area contributed by atoms with Crippen molar-refractivity contribution in [2.24, 2.45) is 5.73 Å². The number of benzene rings is 4. The van der Waals surface area contributed by atoms with Gasteiger partial charge in [0.1, 0.15) is 0 Å². The van der Waals surface area contributed by atoms with Gasteiger partial charge < -0.3 is 5.73 Å². The molecular weight excluding hydrogens is 400 g/mol. The van der Waals surface area contributed by atoms with E-state index in [4.69, 9.17) is 5.73 Å². The lowest BCUT2D eigenvalue weighted by Gasteiger charge is -2.50. The van der Waals surface area contributed by atoms with Crippen LogP contribution in [0.15, 0.2) is 121 Å². The fourth-order valence-corrected chi connectivity index (χ4v) is 5.53. The minimum absolute atomic E-state index is 0.0794. The van der Waals surface area contributed by atoms with Gasteiger partial charge in [-0.3, -0.25) is 4.90 Å². The van der Waals surface area contributed by atoms with E-state index in [-0.39, 0.29) is 24.0 Å². The minimum Gasteiger partial charge on any atom is -0.327 e. The summed E-state index contributed by atoms with van der Waals surface area (Å²) >= 11 is 0. The first-order valence-corrected chi connectivity index (χ1v) is 12.0. The number of nitrogens with two attached hydrogens (primary N) is 1. The van der Waals surface area contributed by atoms with Crippen molar-refractivity contribution in [3.63, 3.8) is 0 Å². The van der Waals surface area contributed by atoms with E-state index in [9.17, 15) is 0 Å². The predicted molar refractivity (Wildman–Crippen MR) is 137 cm³/mol. The highest BCUT2D eigenvalue weighted by molar-refractivity contribution is 5.33. The van der Waals surface area contributed by atoms with Crippen LogP contribution in [-0.4, -0.2) is 17.5 Å². The van der Waals surface area contributed by atoms with Gasteiger partial charge in [0.15, 0.2) is 0 Å². The zero-order chi connectivity index (χ0) is 22.5. The molecular formula is C31H32N2. The van der Waals surface area contributed by atoms with Gasteiger partial charge in [0.05, 0.1) is 0 Å². The Balaban J connectivity index is 1.59. The van der Waals surface area contributed by atoms with Crippen LogP contribution in [-0.2, 0) is 6.42 Å². The lowest BCUT2D eigenvalue weighted by atomic mass is 9.73. The predicted octanol–water partition coefficient (Wildman–Crippen LogP) is 6.53. The highest BCUT2D eigenvalue weighted by atomic mass is 15.2. The molecule has 1 aliphatic rings. The quantitative estimate of drug-likeness (QED) is 0.375. The molecule has 2 N–H and O–H groups in total. The second-order valence-electron chi connectivity index (χ2n) is 9.09. The van der Waals surface area contributed by atoms with Gasteiger partial charge in [-0.05, 0) is 35.1 Å². The Morgan fingerprint density at radius 2 is 1.09 bits per heavy atom. The Kier molecular flexibility index (Phi) is 6.66. The van der Waals surface area contributed by atoms with Crippen molar-refractivity contribution in [3.8, 4) is 0 Å². The number of hydrogen-bond acceptors (Lipinski definition) is 2. The zero-order valence-corrected chi connectivity index (χ0v) is 19.0. The molecule has 0 spiro atoms. The third-order valence-electron chi connectivity index (χ3n) is 7.07. The Morgan fingerprint density at radius 3 is 1.67 bits per heavy atom. The molecule has 166 valence electrons. The van der Waals surface area contributed by atoms with E-state index in [0.717, 1.165) is 19.4 Å². The van der Waals surface area contributed by atoms with Gasteiger partial charge in [0.2, 0.25) is 0 Å². The summed E-state index contributed by atoms with van der Waals surface area (Å²) in [5.41, 5.74) is 12.4. The Hall–Kier alpha value is -3.20. The van der Waals surface area contributed by atoms with Crippen molar-refractivity contribution in [1.29, 1.82) is 0 Å². The molecule has 0 aromatic heterocycles. The standard InChI is InChI=1S/C31H32N2/c32-28-23-29(25-15-7-2-8-16-25)33(22-21-24-13-5-1-6-14-24)31(27-19-11-4-12-20-27)30(28)26-17-9-3-10-18-26/h1-20,28-31H,21-23,32H2. The van der Waals surface area contributed by atoms with Gasteiger partial charge in [0, 0.05) is 30.6 Å². The first-order valence-electron chi connectivity index (χ1n) is 12.0. The van der Waals surface area contributed by atoms with Crippen molar-refractivity contribution < 1.29 is 0 Å². The van der Waals surface area contributed by atoms with E-state index in [1.54, 1.807) is 0 Å². The molecule has 0 saturated carbocycles. The van der Waals surface area contributed by atoms with Gasteiger partial charge in [0.25, 0.3) is 0 Å². The van der Waals surface area contributed by atoms with Crippen LogP contribution in [0.4, 0.5) is 0 Å². The summed E-state index contributed by atoms with van der Waals surface area (Å²) in [6, 6.07) is 44.2. The van der Waals surface area contributed by atoms with Gasteiger partial charge in [-0.2, -0.15) is 0 Å². The number of nitrogens with zero attached hydrogens (tertiary/aromatic N) is 1. The largest absolute Gasteiger partial charge is 0.327 e. The molecule has 2 nitrogen and oxygen atoms in total. The molecule has 5 rings (SSSR count). The smallest absolute Gasteiger partial charge is 0.0437 e. The maximum absolute atomic E-state index is 7.01. The van der Waals surface area contributed by atoms with E-state index in [0.29, 0.717) is 0 Å². The van der Waals surface area contributed by atoms with Gasteiger partial charge >= 0.3 is 0 Å². The summed E-state index contributed by atoms with van der Waals surface area (Å²) < 4.78 is 0. The Labute approximate surface area is 197 Å². The first kappa shape index (κ1) is 21.6. The van der Waals surface area contributed by atoms with Crippen LogP contribution in [0.1, 0.15) is 46.7 Å². The van der Waals surface area contributed by atoms with Crippen LogP contribution in [0.25, 0.3) is 0 Å². The highest BCUT2D eigenvalue weighted by Gasteiger charge is 2.43. The number of rotatable bonds is 6. The van der Waals surface area contributed by atoms with Crippen LogP contribution < -0.4 is 5.73 Å². The van der Waals surface area contributed by atoms with Crippen molar-refractivity contribution >= 4 is 0 Å². The van der Waals surface area contributed by atoms with Crippen molar-refractivity contribution in [2.45, 2.75) is 36.9 Å². The second-order valence-corrected chi connectivity index (χ2v) is 9.09. The van der Waals surface area contributed by atoms with Crippen LogP contribution in [0, 0.1) is 0 Å². The molecule has 1 fully saturated rings. The molecule has 4 atom stereocenters. The molecule has 0 aliphatic carbocycles. The average Bonchev–Trinajstić information content (AvgIpc) is 2.89. The molecule has 0 bridgehead atoms. The lowest BCUT2D eigenvalue weighted by Crippen LogP contribution is -2.50. The van der Waals surface area contributed by atoms with Crippen molar-refractivity contribution in [1.82, 2.24) is 4.90 Å². The van der Waals surface area contributed by atoms with Crippen LogP contribution >= 0.6 is 0 Å². The van der Waals surface area contributed by atoms with Gasteiger partial charge in [-0.25, -0.2) is 0 Å². The SMILES string of the molecule is NC1CC(c2ccccc2)N(CCc2ccccc2)C(c2ccccc2)C1c1ccccc1. The maximum Gasteiger partial charge on any atom is 0.0437 e. The lowest BCUT2D eigenvalue weighted by molar-refractivity contribution is 0.0531. The molecule has 1 saturated heterocycles. The molecule has 0 radical (unpaired) electrons. The maximum atomic E-state index is 7.01. The molecule has 4 unspecified atom stereocenters. The molecule has 4 aromatic rings.